The largest absolute Gasteiger partial charge is 0.391 e. The Hall–Kier alpha value is -3.52. The zero-order valence-corrected chi connectivity index (χ0v) is 22.2. The van der Waals surface area contributed by atoms with Crippen molar-refractivity contribution in [3.8, 4) is 6.07 Å². The third-order valence-electron chi connectivity index (χ3n) is 7.75. The highest BCUT2D eigenvalue weighted by atomic mass is 16.3. The number of likely N-dealkylation sites (tertiary alicyclic amines) is 1. The highest BCUT2D eigenvalue weighted by Gasteiger charge is 2.45. The summed E-state index contributed by atoms with van der Waals surface area (Å²) in [6.45, 7) is 7.50. The molecular weight excluding hydrogens is 484 g/mol. The van der Waals surface area contributed by atoms with Crippen LogP contribution in [0.25, 0.3) is 0 Å². The maximum atomic E-state index is 13.9. The smallest absolute Gasteiger partial charge is 0.248 e. The van der Waals surface area contributed by atoms with Gasteiger partial charge in [0.15, 0.2) is 0 Å². The van der Waals surface area contributed by atoms with Gasteiger partial charge in [0.05, 0.1) is 17.4 Å². The lowest BCUT2D eigenvalue weighted by atomic mass is 9.85. The highest BCUT2D eigenvalue weighted by molar-refractivity contribution is 5.90. The minimum atomic E-state index is -0.752. The van der Waals surface area contributed by atoms with Crippen molar-refractivity contribution >= 4 is 17.6 Å². The summed E-state index contributed by atoms with van der Waals surface area (Å²) in [6.07, 6.45) is 6.56. The molecule has 2 aliphatic heterocycles. The third kappa shape index (κ3) is 5.50. The number of aliphatic hydroxyl groups is 1. The van der Waals surface area contributed by atoms with Crippen LogP contribution in [0.1, 0.15) is 76.1 Å². The summed E-state index contributed by atoms with van der Waals surface area (Å²) in [4.78, 5) is 35.3. The predicted octanol–water partition coefficient (Wildman–Crippen LogP) is 1.76. The van der Waals surface area contributed by atoms with E-state index < -0.39 is 23.6 Å². The number of aliphatic hydroxyl groups excluding tert-OH is 1. The van der Waals surface area contributed by atoms with E-state index in [2.05, 4.69) is 31.6 Å². The first-order valence-electron chi connectivity index (χ1n) is 13.5. The molecule has 0 bridgehead atoms. The molecule has 2 unspecified atom stereocenters. The second-order valence-corrected chi connectivity index (χ2v) is 11.8. The van der Waals surface area contributed by atoms with Crippen LogP contribution in [0.4, 0.5) is 5.82 Å². The second-order valence-electron chi connectivity index (χ2n) is 11.8. The number of carbonyl (C=O) groups excluding carboxylic acids is 2. The Morgan fingerprint density at radius 1 is 1.18 bits per heavy atom. The van der Waals surface area contributed by atoms with Crippen LogP contribution in [-0.4, -0.2) is 79.6 Å². The van der Waals surface area contributed by atoms with Crippen molar-refractivity contribution in [1.29, 1.82) is 5.26 Å². The molecule has 2 amide bonds. The van der Waals surface area contributed by atoms with Crippen molar-refractivity contribution < 1.29 is 14.7 Å². The fourth-order valence-corrected chi connectivity index (χ4v) is 5.52. The number of carbonyl (C=O) groups is 2. The van der Waals surface area contributed by atoms with Gasteiger partial charge in [-0.2, -0.15) is 5.26 Å². The van der Waals surface area contributed by atoms with E-state index in [0.717, 1.165) is 50.3 Å². The first-order chi connectivity index (χ1) is 18.1. The van der Waals surface area contributed by atoms with Crippen molar-refractivity contribution in [3.05, 3.63) is 35.8 Å². The zero-order valence-electron chi connectivity index (χ0n) is 22.2. The van der Waals surface area contributed by atoms with Crippen molar-refractivity contribution in [1.82, 2.24) is 30.2 Å². The molecule has 3 fully saturated rings. The van der Waals surface area contributed by atoms with Gasteiger partial charge in [-0.25, -0.2) is 9.67 Å². The molecule has 2 aromatic rings. The Labute approximate surface area is 222 Å². The van der Waals surface area contributed by atoms with Gasteiger partial charge in [-0.3, -0.25) is 9.59 Å². The number of pyridine rings is 1. The molecule has 38 heavy (non-hydrogen) atoms. The van der Waals surface area contributed by atoms with Gasteiger partial charge in [-0.05, 0) is 43.2 Å². The molecule has 11 heteroatoms. The van der Waals surface area contributed by atoms with Gasteiger partial charge in [0.2, 0.25) is 11.8 Å². The summed E-state index contributed by atoms with van der Waals surface area (Å²) < 4.78 is 1.64. The fourth-order valence-electron chi connectivity index (χ4n) is 5.52. The molecule has 2 N–H and O–H groups in total. The molecule has 3 aliphatic rings. The van der Waals surface area contributed by atoms with Crippen molar-refractivity contribution in [2.24, 2.45) is 5.41 Å². The van der Waals surface area contributed by atoms with Crippen LogP contribution in [0.3, 0.4) is 0 Å². The summed E-state index contributed by atoms with van der Waals surface area (Å²) in [6, 6.07) is 4.28. The van der Waals surface area contributed by atoms with E-state index in [9.17, 15) is 14.7 Å². The van der Waals surface area contributed by atoms with E-state index >= 15 is 0 Å². The maximum absolute atomic E-state index is 13.9. The van der Waals surface area contributed by atoms with Gasteiger partial charge in [0.25, 0.3) is 0 Å². The number of hydrogen-bond acceptors (Lipinski definition) is 8. The summed E-state index contributed by atoms with van der Waals surface area (Å²) in [5, 5.41) is 31.2. The molecule has 2 aromatic heterocycles. The van der Waals surface area contributed by atoms with Crippen LogP contribution in [0.2, 0.25) is 0 Å². The summed E-state index contributed by atoms with van der Waals surface area (Å²) in [7, 11) is 0. The van der Waals surface area contributed by atoms with Gasteiger partial charge >= 0.3 is 0 Å². The Kier molecular flexibility index (Phi) is 7.09. The molecule has 4 heterocycles. The van der Waals surface area contributed by atoms with E-state index in [4.69, 9.17) is 5.26 Å². The van der Waals surface area contributed by atoms with E-state index in [1.807, 2.05) is 33.0 Å². The van der Waals surface area contributed by atoms with E-state index in [0.29, 0.717) is 11.5 Å². The Morgan fingerprint density at radius 2 is 1.92 bits per heavy atom. The molecule has 1 aliphatic carbocycles. The lowest BCUT2D eigenvalue weighted by Gasteiger charge is -2.36. The molecule has 0 spiro atoms. The molecule has 5 rings (SSSR count). The standard InChI is InChI=1S/C27H36N8O3/c1-27(2,3)24(35-16-21(31-32-35)18-5-6-18)26(38)34-15-20(36)12-22(34)25(37)30-19-8-10-33(11-9-19)23-7-4-17(13-28)14-29-23/h4,7,14,16,18-20,22,24,36H,5-6,8-12,15H2,1-3H3,(H,30,37)/t20?,22?,24-/m1/s1. The molecule has 202 valence electrons. The van der Waals surface area contributed by atoms with Crippen molar-refractivity contribution in [3.63, 3.8) is 0 Å². The summed E-state index contributed by atoms with van der Waals surface area (Å²) in [5.74, 6) is 0.791. The van der Waals surface area contributed by atoms with Crippen LogP contribution in [-0.2, 0) is 9.59 Å². The average Bonchev–Trinajstić information content (AvgIpc) is 3.50. The van der Waals surface area contributed by atoms with Crippen molar-refractivity contribution in [2.75, 3.05) is 24.5 Å². The van der Waals surface area contributed by atoms with Crippen molar-refractivity contribution in [2.45, 2.75) is 83.0 Å². The quantitative estimate of drug-likeness (QED) is 0.587. The molecule has 2 saturated heterocycles. The number of rotatable bonds is 6. The number of hydrogen-bond donors (Lipinski definition) is 2. The number of nitrogens with one attached hydrogen (secondary N) is 1. The van der Waals surface area contributed by atoms with Gasteiger partial charge in [0, 0.05) is 50.4 Å². The number of anilines is 1. The van der Waals surface area contributed by atoms with Crippen LogP contribution < -0.4 is 10.2 Å². The van der Waals surface area contributed by atoms with Crippen LogP contribution >= 0.6 is 0 Å². The molecule has 11 nitrogen and oxygen atoms in total. The molecule has 3 atom stereocenters. The Bertz CT molecular complexity index is 1200. The third-order valence-corrected chi connectivity index (χ3v) is 7.75. The first-order valence-corrected chi connectivity index (χ1v) is 13.5. The molecule has 1 saturated carbocycles. The first kappa shape index (κ1) is 26.1. The number of nitriles is 1. The topological polar surface area (TPSA) is 140 Å². The molecule has 0 radical (unpaired) electrons. The molecular formula is C27H36N8O3. The lowest BCUT2D eigenvalue weighted by molar-refractivity contribution is -0.144. The minimum Gasteiger partial charge on any atom is -0.391 e. The van der Waals surface area contributed by atoms with E-state index in [1.54, 1.807) is 16.9 Å². The zero-order chi connectivity index (χ0) is 27.0. The fraction of sp³-hybridized carbons (Fsp3) is 0.630. The highest BCUT2D eigenvalue weighted by Crippen LogP contribution is 2.40. The number of nitrogens with zero attached hydrogens (tertiary/aromatic N) is 7. The SMILES string of the molecule is CC(C)(C)[C@@H](C(=O)N1CC(O)CC1C(=O)NC1CCN(c2ccc(C#N)cn2)CC1)n1cc(C2CC2)nn1. The summed E-state index contributed by atoms with van der Waals surface area (Å²) in [5.41, 5.74) is 0.965. The number of β-amino-alcohol motifs (C(OH)–C–C–N with tert-alkyl or cyclic N) is 1. The number of aromatic nitrogens is 4. The normalized spacial score (nSPS) is 23.2. The minimum absolute atomic E-state index is 0.0262. The number of amides is 2. The molecule has 0 aromatic carbocycles. The van der Waals surface area contributed by atoms with Gasteiger partial charge in [-0.1, -0.05) is 26.0 Å². The van der Waals surface area contributed by atoms with Gasteiger partial charge < -0.3 is 20.2 Å². The van der Waals surface area contributed by atoms with E-state index in [-0.39, 0.29) is 30.8 Å². The van der Waals surface area contributed by atoms with Gasteiger partial charge in [0.1, 0.15) is 24.0 Å². The van der Waals surface area contributed by atoms with Crippen LogP contribution in [0, 0.1) is 16.7 Å². The van der Waals surface area contributed by atoms with Crippen LogP contribution in [0.15, 0.2) is 24.5 Å². The summed E-state index contributed by atoms with van der Waals surface area (Å²) >= 11 is 0. The Balaban J connectivity index is 1.23. The number of piperidine rings is 1. The Morgan fingerprint density at radius 3 is 2.53 bits per heavy atom. The van der Waals surface area contributed by atoms with Crippen LogP contribution in [0.5, 0.6) is 0 Å². The average molecular weight is 521 g/mol. The maximum Gasteiger partial charge on any atom is 0.248 e. The monoisotopic (exact) mass is 520 g/mol. The second kappa shape index (κ2) is 10.3. The predicted molar refractivity (Wildman–Crippen MR) is 139 cm³/mol. The lowest BCUT2D eigenvalue weighted by Crippen LogP contribution is -2.53. The van der Waals surface area contributed by atoms with Gasteiger partial charge in [-0.15, -0.1) is 5.10 Å². The van der Waals surface area contributed by atoms with E-state index in [1.165, 1.54) is 4.90 Å².